The zero-order chi connectivity index (χ0) is 10.3. The van der Waals surface area contributed by atoms with Gasteiger partial charge >= 0.3 is 0 Å². The lowest BCUT2D eigenvalue weighted by Crippen LogP contribution is -2.39. The summed E-state index contributed by atoms with van der Waals surface area (Å²) in [6.07, 6.45) is 3.29. The summed E-state index contributed by atoms with van der Waals surface area (Å²) in [6, 6.07) is 0.415. The van der Waals surface area contributed by atoms with Gasteiger partial charge in [-0.25, -0.2) is 0 Å². The fraction of sp³-hybridized carbons (Fsp3) is 0.889. The van der Waals surface area contributed by atoms with E-state index in [1.807, 2.05) is 11.8 Å². The first-order chi connectivity index (χ1) is 6.06. The van der Waals surface area contributed by atoms with Gasteiger partial charge in [-0.1, -0.05) is 6.92 Å². The molecule has 0 saturated heterocycles. The zero-order valence-corrected chi connectivity index (χ0v) is 10.5. The summed E-state index contributed by atoms with van der Waals surface area (Å²) in [6.45, 7) is 7.35. The van der Waals surface area contributed by atoms with Crippen molar-refractivity contribution in [3.63, 3.8) is 0 Å². The van der Waals surface area contributed by atoms with Crippen LogP contribution >= 0.6 is 24.0 Å². The molecule has 0 bridgehead atoms. The summed E-state index contributed by atoms with van der Waals surface area (Å²) in [7, 11) is 0. The molecule has 2 N–H and O–H groups in total. The lowest BCUT2D eigenvalue weighted by molar-refractivity contribution is 0.697. The summed E-state index contributed by atoms with van der Waals surface area (Å²) in [5, 5.41) is 7.80. The van der Waals surface area contributed by atoms with E-state index >= 15 is 0 Å². The maximum Gasteiger partial charge on any atom is 0.166 e. The maximum absolute atomic E-state index is 5.09. The van der Waals surface area contributed by atoms with E-state index in [9.17, 15) is 0 Å². The van der Waals surface area contributed by atoms with Gasteiger partial charge in [0.25, 0.3) is 0 Å². The van der Waals surface area contributed by atoms with E-state index < -0.39 is 0 Å². The standard InChI is InChI=1S/C9H20N2S2/c1-7(2)11-9(12)10-6-5-8(3)13-4/h7-8H,5-6H2,1-4H3,(H2,10,11,12). The van der Waals surface area contributed by atoms with E-state index in [0.717, 1.165) is 18.1 Å². The molecule has 0 aliphatic carbocycles. The average Bonchev–Trinajstić information content (AvgIpc) is 2.02. The van der Waals surface area contributed by atoms with Crippen LogP contribution < -0.4 is 10.6 Å². The Hall–Kier alpha value is 0.0400. The largest absolute Gasteiger partial charge is 0.363 e. The van der Waals surface area contributed by atoms with Crippen molar-refractivity contribution in [3.05, 3.63) is 0 Å². The molecule has 0 spiro atoms. The monoisotopic (exact) mass is 220 g/mol. The predicted octanol–water partition coefficient (Wildman–Crippen LogP) is 2.00. The van der Waals surface area contributed by atoms with Gasteiger partial charge in [0.2, 0.25) is 0 Å². The number of nitrogens with one attached hydrogen (secondary N) is 2. The third-order valence-corrected chi connectivity index (χ3v) is 2.96. The highest BCUT2D eigenvalue weighted by molar-refractivity contribution is 7.99. The van der Waals surface area contributed by atoms with Crippen molar-refractivity contribution in [2.75, 3.05) is 12.8 Å². The normalized spacial score (nSPS) is 12.7. The number of thioether (sulfide) groups is 1. The molecule has 1 unspecified atom stereocenters. The van der Waals surface area contributed by atoms with E-state index in [1.165, 1.54) is 0 Å². The van der Waals surface area contributed by atoms with Crippen LogP contribution in [-0.4, -0.2) is 29.2 Å². The van der Waals surface area contributed by atoms with Crippen LogP contribution in [0.4, 0.5) is 0 Å². The van der Waals surface area contributed by atoms with Crippen molar-refractivity contribution in [2.24, 2.45) is 0 Å². The summed E-state index contributed by atoms with van der Waals surface area (Å²) in [5.74, 6) is 0. The minimum absolute atomic E-state index is 0.415. The van der Waals surface area contributed by atoms with Gasteiger partial charge in [-0.05, 0) is 38.7 Å². The Morgan fingerprint density at radius 3 is 2.46 bits per heavy atom. The minimum Gasteiger partial charge on any atom is -0.363 e. The van der Waals surface area contributed by atoms with E-state index in [4.69, 9.17) is 12.2 Å². The number of rotatable bonds is 5. The third-order valence-electron chi connectivity index (χ3n) is 1.66. The first-order valence-electron chi connectivity index (χ1n) is 4.63. The van der Waals surface area contributed by atoms with Crippen LogP contribution in [0, 0.1) is 0 Å². The topological polar surface area (TPSA) is 24.1 Å². The van der Waals surface area contributed by atoms with Crippen LogP contribution in [-0.2, 0) is 0 Å². The van der Waals surface area contributed by atoms with E-state index in [0.29, 0.717) is 11.3 Å². The highest BCUT2D eigenvalue weighted by Crippen LogP contribution is 2.07. The first kappa shape index (κ1) is 13.0. The first-order valence-corrected chi connectivity index (χ1v) is 6.33. The fourth-order valence-electron chi connectivity index (χ4n) is 0.820. The Morgan fingerprint density at radius 1 is 1.38 bits per heavy atom. The summed E-state index contributed by atoms with van der Waals surface area (Å²) < 4.78 is 0. The van der Waals surface area contributed by atoms with Crippen LogP contribution in [0.5, 0.6) is 0 Å². The van der Waals surface area contributed by atoms with Crippen LogP contribution in [0.3, 0.4) is 0 Å². The van der Waals surface area contributed by atoms with Gasteiger partial charge in [0.05, 0.1) is 0 Å². The summed E-state index contributed by atoms with van der Waals surface area (Å²) in [5.41, 5.74) is 0. The molecule has 13 heavy (non-hydrogen) atoms. The Labute approximate surface area is 91.2 Å². The van der Waals surface area contributed by atoms with Gasteiger partial charge < -0.3 is 10.6 Å². The Balaban J connectivity index is 3.37. The molecule has 0 aromatic carbocycles. The molecule has 1 atom stereocenters. The van der Waals surface area contributed by atoms with E-state index in [-0.39, 0.29) is 0 Å². The van der Waals surface area contributed by atoms with Crippen LogP contribution in [0.1, 0.15) is 27.2 Å². The number of hydrogen-bond donors (Lipinski definition) is 2. The quantitative estimate of drug-likeness (QED) is 0.692. The Kier molecular flexibility index (Phi) is 7.47. The second-order valence-electron chi connectivity index (χ2n) is 3.39. The molecule has 0 rings (SSSR count). The van der Waals surface area contributed by atoms with Gasteiger partial charge in [-0.3, -0.25) is 0 Å². The second-order valence-corrected chi connectivity index (χ2v) is 5.07. The lowest BCUT2D eigenvalue weighted by atomic mass is 10.3. The van der Waals surface area contributed by atoms with Crippen LogP contribution in [0.15, 0.2) is 0 Å². The SMILES string of the molecule is CSC(C)CCNC(=S)NC(C)C. The molecule has 0 aromatic rings. The van der Waals surface area contributed by atoms with Gasteiger partial charge in [-0.2, -0.15) is 11.8 Å². The van der Waals surface area contributed by atoms with Crippen molar-refractivity contribution < 1.29 is 0 Å². The molecule has 0 aliphatic heterocycles. The third kappa shape index (κ3) is 8.37. The second kappa shape index (κ2) is 7.44. The van der Waals surface area contributed by atoms with Crippen molar-refractivity contribution in [2.45, 2.75) is 38.5 Å². The van der Waals surface area contributed by atoms with Gasteiger partial charge in [0.1, 0.15) is 0 Å². The molecule has 0 saturated carbocycles. The molecule has 0 aromatic heterocycles. The number of hydrogen-bond acceptors (Lipinski definition) is 2. The van der Waals surface area contributed by atoms with Crippen molar-refractivity contribution in [3.8, 4) is 0 Å². The molecule has 4 heteroatoms. The Morgan fingerprint density at radius 2 is 2.00 bits per heavy atom. The molecule has 78 valence electrons. The van der Waals surface area contributed by atoms with Crippen LogP contribution in [0.2, 0.25) is 0 Å². The summed E-state index contributed by atoms with van der Waals surface area (Å²) in [4.78, 5) is 0. The van der Waals surface area contributed by atoms with E-state index in [1.54, 1.807) is 0 Å². The van der Waals surface area contributed by atoms with Gasteiger partial charge in [-0.15, -0.1) is 0 Å². The molecule has 0 fully saturated rings. The molecule has 0 heterocycles. The molecular weight excluding hydrogens is 200 g/mol. The van der Waals surface area contributed by atoms with Gasteiger partial charge in [0.15, 0.2) is 5.11 Å². The van der Waals surface area contributed by atoms with Crippen molar-refractivity contribution in [1.82, 2.24) is 10.6 Å². The minimum atomic E-state index is 0.415. The maximum atomic E-state index is 5.09. The Bertz CT molecular complexity index is 149. The smallest absolute Gasteiger partial charge is 0.166 e. The molecule has 2 nitrogen and oxygen atoms in total. The summed E-state index contributed by atoms with van der Waals surface area (Å²) >= 11 is 6.98. The highest BCUT2D eigenvalue weighted by atomic mass is 32.2. The van der Waals surface area contributed by atoms with Gasteiger partial charge in [0, 0.05) is 17.8 Å². The molecule has 0 aliphatic rings. The van der Waals surface area contributed by atoms with Crippen LogP contribution in [0.25, 0.3) is 0 Å². The molecule has 0 amide bonds. The molecular formula is C9H20N2S2. The molecule has 0 radical (unpaired) electrons. The number of thiocarbonyl (C=S) groups is 1. The lowest BCUT2D eigenvalue weighted by Gasteiger charge is -2.14. The van der Waals surface area contributed by atoms with E-state index in [2.05, 4.69) is 37.7 Å². The average molecular weight is 220 g/mol. The highest BCUT2D eigenvalue weighted by Gasteiger charge is 2.00. The van der Waals surface area contributed by atoms with Crippen molar-refractivity contribution in [1.29, 1.82) is 0 Å². The zero-order valence-electron chi connectivity index (χ0n) is 8.89. The van der Waals surface area contributed by atoms with Crippen molar-refractivity contribution >= 4 is 29.1 Å². The predicted molar refractivity (Wildman–Crippen MR) is 66.5 cm³/mol. The fourth-order valence-corrected chi connectivity index (χ4v) is 1.51.